The lowest BCUT2D eigenvalue weighted by atomic mass is 10.1. The Morgan fingerprint density at radius 1 is 1.08 bits per heavy atom. The summed E-state index contributed by atoms with van der Waals surface area (Å²) in [6.07, 6.45) is 0. The first kappa shape index (κ1) is 15.8. The van der Waals surface area contributed by atoms with Gasteiger partial charge in [-0.15, -0.1) is 0 Å². The first-order chi connectivity index (χ1) is 11.5. The number of phenols is 1. The van der Waals surface area contributed by atoms with Gasteiger partial charge in [0.1, 0.15) is 17.3 Å². The summed E-state index contributed by atoms with van der Waals surface area (Å²) in [4.78, 5) is 12.3. The largest absolute Gasteiger partial charge is 0.507 e. The molecule has 2 N–H and O–H groups in total. The number of aryl methyl sites for hydroxylation is 2. The summed E-state index contributed by atoms with van der Waals surface area (Å²) in [5.41, 5.74) is 4.15. The number of aromatic hydroxyl groups is 1. The van der Waals surface area contributed by atoms with Crippen LogP contribution < -0.4 is 5.43 Å². The average Bonchev–Trinajstić information content (AvgIpc) is 2.90. The van der Waals surface area contributed by atoms with Crippen LogP contribution in [-0.4, -0.2) is 16.7 Å². The van der Waals surface area contributed by atoms with Crippen molar-refractivity contribution in [1.82, 2.24) is 5.43 Å². The van der Waals surface area contributed by atoms with Crippen LogP contribution >= 0.6 is 0 Å². The summed E-state index contributed by atoms with van der Waals surface area (Å²) in [7, 11) is 0. The van der Waals surface area contributed by atoms with E-state index in [1.807, 2.05) is 44.2 Å². The second kappa shape index (κ2) is 6.20. The second-order valence-corrected chi connectivity index (χ2v) is 5.68. The van der Waals surface area contributed by atoms with Crippen molar-refractivity contribution in [3.63, 3.8) is 0 Å². The molecular weight excluding hydrogens is 304 g/mol. The molecule has 5 heteroatoms. The molecule has 0 radical (unpaired) electrons. The number of phenolic OH excluding ortho intramolecular Hbond substituents is 1. The molecule has 3 aromatic rings. The van der Waals surface area contributed by atoms with E-state index in [1.54, 1.807) is 19.1 Å². The first-order valence-corrected chi connectivity index (χ1v) is 7.59. The van der Waals surface area contributed by atoms with Crippen LogP contribution in [0.4, 0.5) is 0 Å². The number of nitrogens with one attached hydrogen (secondary N) is 1. The zero-order valence-corrected chi connectivity index (χ0v) is 13.8. The lowest BCUT2D eigenvalue weighted by Crippen LogP contribution is -2.19. The molecular formula is C19H18N2O3. The fourth-order valence-electron chi connectivity index (χ4n) is 2.66. The number of nitrogens with zero attached hydrogens (tertiary/aromatic N) is 1. The van der Waals surface area contributed by atoms with Crippen LogP contribution in [0.5, 0.6) is 5.75 Å². The third-order valence-electron chi connectivity index (χ3n) is 3.86. The van der Waals surface area contributed by atoms with E-state index >= 15 is 0 Å². The highest BCUT2D eigenvalue weighted by atomic mass is 16.3. The lowest BCUT2D eigenvalue weighted by Gasteiger charge is -2.06. The molecule has 24 heavy (non-hydrogen) atoms. The molecule has 2 aromatic carbocycles. The number of hydrazone groups is 1. The molecule has 0 aliphatic rings. The highest BCUT2D eigenvalue weighted by Gasteiger charge is 2.13. The standard InChI is InChI=1S/C19H18N2O3/c1-11-8-16(13(3)24-11)12(2)20-21-19(23)17-9-14-6-4-5-7-15(14)10-18(17)22/h4-10,22H,1-3H3,(H,21,23)/b20-12-. The zero-order chi connectivity index (χ0) is 17.3. The van der Waals surface area contributed by atoms with Gasteiger partial charge in [-0.3, -0.25) is 4.79 Å². The van der Waals surface area contributed by atoms with Crippen molar-refractivity contribution < 1.29 is 14.3 Å². The molecule has 3 rings (SSSR count). The number of carbonyl (C=O) groups is 1. The van der Waals surface area contributed by atoms with Gasteiger partial charge in [0, 0.05) is 5.56 Å². The van der Waals surface area contributed by atoms with Crippen molar-refractivity contribution in [2.45, 2.75) is 20.8 Å². The van der Waals surface area contributed by atoms with Gasteiger partial charge >= 0.3 is 0 Å². The number of hydrogen-bond acceptors (Lipinski definition) is 4. The van der Waals surface area contributed by atoms with E-state index in [2.05, 4.69) is 10.5 Å². The minimum Gasteiger partial charge on any atom is -0.507 e. The molecule has 122 valence electrons. The van der Waals surface area contributed by atoms with Gasteiger partial charge in [0.05, 0.1) is 11.3 Å². The molecule has 0 bridgehead atoms. The normalized spacial score (nSPS) is 11.7. The summed E-state index contributed by atoms with van der Waals surface area (Å²) < 4.78 is 5.46. The van der Waals surface area contributed by atoms with Crippen molar-refractivity contribution >= 4 is 22.4 Å². The molecule has 0 spiro atoms. The molecule has 0 atom stereocenters. The monoisotopic (exact) mass is 322 g/mol. The predicted octanol–water partition coefficient (Wildman–Crippen LogP) is 3.91. The SMILES string of the molecule is C/C(=N/NC(=O)c1cc2ccccc2cc1O)c1cc(C)oc1C. The van der Waals surface area contributed by atoms with Gasteiger partial charge in [-0.2, -0.15) is 5.10 Å². The molecule has 0 unspecified atom stereocenters. The number of benzene rings is 2. The maximum absolute atomic E-state index is 12.3. The third-order valence-corrected chi connectivity index (χ3v) is 3.86. The van der Waals surface area contributed by atoms with Gasteiger partial charge in [0.15, 0.2) is 0 Å². The summed E-state index contributed by atoms with van der Waals surface area (Å²) in [5, 5.41) is 15.9. The van der Waals surface area contributed by atoms with Crippen LogP contribution in [-0.2, 0) is 0 Å². The molecule has 0 fully saturated rings. The Hall–Kier alpha value is -3.08. The fraction of sp³-hybridized carbons (Fsp3) is 0.158. The predicted molar refractivity (Wildman–Crippen MR) is 93.5 cm³/mol. The molecule has 0 saturated heterocycles. The molecule has 1 amide bonds. The van der Waals surface area contributed by atoms with Gasteiger partial charge in [-0.05, 0) is 49.7 Å². The number of fused-ring (bicyclic) bond motifs is 1. The summed E-state index contributed by atoms with van der Waals surface area (Å²) in [6, 6.07) is 12.6. The average molecular weight is 322 g/mol. The Kier molecular flexibility index (Phi) is 4.08. The minimum atomic E-state index is -0.463. The first-order valence-electron chi connectivity index (χ1n) is 7.59. The number of hydrogen-bond donors (Lipinski definition) is 2. The van der Waals surface area contributed by atoms with Crippen LogP contribution in [0.25, 0.3) is 10.8 Å². The van der Waals surface area contributed by atoms with Gasteiger partial charge in [-0.1, -0.05) is 24.3 Å². The maximum Gasteiger partial charge on any atom is 0.275 e. The second-order valence-electron chi connectivity index (χ2n) is 5.68. The van der Waals surface area contributed by atoms with Gasteiger partial charge < -0.3 is 9.52 Å². The molecule has 1 aromatic heterocycles. The van der Waals surface area contributed by atoms with Crippen molar-refractivity contribution in [3.8, 4) is 5.75 Å². The van der Waals surface area contributed by atoms with E-state index in [-0.39, 0.29) is 11.3 Å². The lowest BCUT2D eigenvalue weighted by molar-refractivity contribution is 0.0952. The van der Waals surface area contributed by atoms with Crippen LogP contribution in [0, 0.1) is 13.8 Å². The van der Waals surface area contributed by atoms with Crippen molar-refractivity contribution in [1.29, 1.82) is 0 Å². The fourth-order valence-corrected chi connectivity index (χ4v) is 2.66. The van der Waals surface area contributed by atoms with E-state index in [1.165, 1.54) is 0 Å². The Labute approximate surface area is 139 Å². The smallest absolute Gasteiger partial charge is 0.275 e. The molecule has 0 aliphatic heterocycles. The topological polar surface area (TPSA) is 74.8 Å². The molecule has 0 saturated carbocycles. The van der Waals surface area contributed by atoms with E-state index < -0.39 is 5.91 Å². The maximum atomic E-state index is 12.3. The number of amides is 1. The highest BCUT2D eigenvalue weighted by molar-refractivity contribution is 6.04. The van der Waals surface area contributed by atoms with Gasteiger partial charge in [0.25, 0.3) is 5.91 Å². The van der Waals surface area contributed by atoms with Crippen LogP contribution in [0.15, 0.2) is 52.0 Å². The van der Waals surface area contributed by atoms with Gasteiger partial charge in [-0.25, -0.2) is 5.43 Å². The molecule has 5 nitrogen and oxygen atoms in total. The highest BCUT2D eigenvalue weighted by Crippen LogP contribution is 2.25. The summed E-state index contributed by atoms with van der Waals surface area (Å²) >= 11 is 0. The Balaban J connectivity index is 1.86. The molecule has 0 aliphatic carbocycles. The Morgan fingerprint density at radius 2 is 1.75 bits per heavy atom. The quantitative estimate of drug-likeness (QED) is 0.567. The number of carbonyl (C=O) groups excluding carboxylic acids is 1. The van der Waals surface area contributed by atoms with E-state index in [9.17, 15) is 9.90 Å². The van der Waals surface area contributed by atoms with Crippen molar-refractivity contribution in [3.05, 3.63) is 65.1 Å². The minimum absolute atomic E-state index is 0.0746. The summed E-state index contributed by atoms with van der Waals surface area (Å²) in [6.45, 7) is 5.49. The van der Waals surface area contributed by atoms with E-state index in [4.69, 9.17) is 4.42 Å². The summed E-state index contributed by atoms with van der Waals surface area (Å²) in [5.74, 6) is 0.997. The van der Waals surface area contributed by atoms with Crippen LogP contribution in [0.3, 0.4) is 0 Å². The molecule has 1 heterocycles. The van der Waals surface area contributed by atoms with Gasteiger partial charge in [0.2, 0.25) is 0 Å². The number of furan rings is 1. The Bertz CT molecular complexity index is 954. The van der Waals surface area contributed by atoms with Crippen molar-refractivity contribution in [2.75, 3.05) is 0 Å². The van der Waals surface area contributed by atoms with E-state index in [0.29, 0.717) is 5.71 Å². The Morgan fingerprint density at radius 3 is 2.38 bits per heavy atom. The number of rotatable bonds is 3. The third kappa shape index (κ3) is 3.01. The van der Waals surface area contributed by atoms with E-state index in [0.717, 1.165) is 27.9 Å². The van der Waals surface area contributed by atoms with Crippen LogP contribution in [0.1, 0.15) is 34.4 Å². The van der Waals surface area contributed by atoms with Crippen LogP contribution in [0.2, 0.25) is 0 Å². The van der Waals surface area contributed by atoms with Crippen molar-refractivity contribution in [2.24, 2.45) is 5.10 Å². The zero-order valence-electron chi connectivity index (χ0n) is 13.8.